The molecule has 0 radical (unpaired) electrons. The lowest BCUT2D eigenvalue weighted by Gasteiger charge is -2.41. The van der Waals surface area contributed by atoms with E-state index in [1.54, 1.807) is 16.7 Å². The van der Waals surface area contributed by atoms with Crippen LogP contribution in [0.3, 0.4) is 0 Å². The second kappa shape index (κ2) is 7.27. The Labute approximate surface area is 180 Å². The first-order chi connectivity index (χ1) is 15.1. The van der Waals surface area contributed by atoms with Crippen LogP contribution in [0, 0.1) is 6.92 Å². The topological polar surface area (TPSA) is 67.8 Å². The van der Waals surface area contributed by atoms with Crippen molar-refractivity contribution < 1.29 is 0 Å². The highest BCUT2D eigenvalue weighted by molar-refractivity contribution is 5.62. The molecule has 2 aliphatic rings. The number of nitrogens with zero attached hydrogens (tertiary/aromatic N) is 6. The van der Waals surface area contributed by atoms with Gasteiger partial charge in [-0.15, -0.1) is 0 Å². The number of aromatic nitrogens is 5. The molecule has 0 amide bonds. The van der Waals surface area contributed by atoms with Crippen molar-refractivity contribution in [1.82, 2.24) is 28.7 Å². The van der Waals surface area contributed by atoms with Gasteiger partial charge in [0.05, 0.1) is 23.3 Å². The summed E-state index contributed by atoms with van der Waals surface area (Å²) in [4.78, 5) is 29.5. The lowest BCUT2D eigenvalue weighted by molar-refractivity contribution is 0.0969. The van der Waals surface area contributed by atoms with Gasteiger partial charge in [-0.25, -0.2) is 9.97 Å². The molecule has 0 bridgehead atoms. The fourth-order valence-electron chi connectivity index (χ4n) is 4.97. The summed E-state index contributed by atoms with van der Waals surface area (Å²) in [7, 11) is 0. The van der Waals surface area contributed by atoms with E-state index < -0.39 is 0 Å². The Morgan fingerprint density at radius 3 is 2.58 bits per heavy atom. The van der Waals surface area contributed by atoms with Crippen LogP contribution in [0.4, 0.5) is 0 Å². The van der Waals surface area contributed by atoms with Gasteiger partial charge in [0.1, 0.15) is 5.65 Å². The fourth-order valence-corrected chi connectivity index (χ4v) is 4.97. The molecule has 6 rings (SSSR count). The van der Waals surface area contributed by atoms with Crippen LogP contribution in [0.1, 0.15) is 49.4 Å². The summed E-state index contributed by atoms with van der Waals surface area (Å²) in [6.07, 6.45) is 13.9. The Hall–Kier alpha value is -3.06. The number of hydrogen-bond acceptors (Lipinski definition) is 5. The molecule has 0 N–H and O–H groups in total. The Balaban J connectivity index is 1.29. The van der Waals surface area contributed by atoms with Crippen molar-refractivity contribution in [2.45, 2.75) is 51.0 Å². The summed E-state index contributed by atoms with van der Waals surface area (Å²) in [5.41, 5.74) is 4.90. The van der Waals surface area contributed by atoms with E-state index in [0.29, 0.717) is 17.3 Å². The molecule has 158 valence electrons. The van der Waals surface area contributed by atoms with Gasteiger partial charge in [-0.05, 0) is 57.8 Å². The van der Waals surface area contributed by atoms with Gasteiger partial charge in [-0.3, -0.25) is 14.2 Å². The van der Waals surface area contributed by atoms with Crippen LogP contribution in [0.2, 0.25) is 0 Å². The molecule has 0 unspecified atom stereocenters. The second-order valence-corrected chi connectivity index (χ2v) is 8.98. The number of imidazole rings is 1. The number of fused-ring (bicyclic) bond motifs is 2. The molecule has 31 heavy (non-hydrogen) atoms. The van der Waals surface area contributed by atoms with Gasteiger partial charge in [0.15, 0.2) is 5.65 Å². The minimum atomic E-state index is -0.0718. The van der Waals surface area contributed by atoms with Crippen molar-refractivity contribution in [1.29, 1.82) is 0 Å². The van der Waals surface area contributed by atoms with Crippen LogP contribution in [-0.4, -0.2) is 47.8 Å². The second-order valence-electron chi connectivity index (χ2n) is 8.98. The predicted octanol–water partition coefficient (Wildman–Crippen LogP) is 3.44. The Morgan fingerprint density at radius 2 is 1.81 bits per heavy atom. The number of rotatable bonds is 3. The monoisotopic (exact) mass is 414 g/mol. The number of aryl methyl sites for hydroxylation is 1. The average molecular weight is 415 g/mol. The van der Waals surface area contributed by atoms with E-state index in [-0.39, 0.29) is 5.56 Å². The molecule has 4 aromatic rings. The maximum absolute atomic E-state index is 12.9. The summed E-state index contributed by atoms with van der Waals surface area (Å²) in [5.74, 6) is 0.416. The van der Waals surface area contributed by atoms with Gasteiger partial charge in [-0.1, -0.05) is 6.42 Å². The van der Waals surface area contributed by atoms with Gasteiger partial charge < -0.3 is 9.30 Å². The molecule has 7 heteroatoms. The molecule has 1 saturated heterocycles. The third-order valence-electron chi connectivity index (χ3n) is 6.98. The van der Waals surface area contributed by atoms with Gasteiger partial charge >= 0.3 is 0 Å². The highest BCUT2D eigenvalue weighted by Gasteiger charge is 2.29. The Kier molecular flexibility index (Phi) is 4.38. The van der Waals surface area contributed by atoms with Crippen LogP contribution < -0.4 is 5.56 Å². The molecular formula is C24H26N6O. The van der Waals surface area contributed by atoms with Gasteiger partial charge in [0.25, 0.3) is 5.56 Å². The van der Waals surface area contributed by atoms with E-state index in [2.05, 4.69) is 9.88 Å². The smallest absolute Gasteiger partial charge is 0.258 e. The number of likely N-dealkylation sites (tertiary alicyclic amines) is 1. The molecule has 4 aromatic heterocycles. The van der Waals surface area contributed by atoms with Gasteiger partial charge in [-0.2, -0.15) is 0 Å². The zero-order valence-electron chi connectivity index (χ0n) is 17.7. The summed E-state index contributed by atoms with van der Waals surface area (Å²) < 4.78 is 3.61. The number of pyridine rings is 1. The Morgan fingerprint density at radius 1 is 0.968 bits per heavy atom. The first-order valence-electron chi connectivity index (χ1n) is 11.2. The molecule has 0 aromatic carbocycles. The fraction of sp³-hybridized carbons (Fsp3) is 0.417. The first-order valence-corrected chi connectivity index (χ1v) is 11.2. The van der Waals surface area contributed by atoms with E-state index in [9.17, 15) is 4.79 Å². The average Bonchev–Trinajstić information content (AvgIpc) is 3.12. The van der Waals surface area contributed by atoms with Crippen molar-refractivity contribution in [2.24, 2.45) is 0 Å². The third kappa shape index (κ3) is 3.33. The van der Waals surface area contributed by atoms with E-state index in [1.807, 2.05) is 42.0 Å². The molecule has 5 heterocycles. The van der Waals surface area contributed by atoms with Crippen LogP contribution >= 0.6 is 0 Å². The van der Waals surface area contributed by atoms with Crippen molar-refractivity contribution in [3.8, 4) is 11.3 Å². The maximum atomic E-state index is 12.9. The number of piperidine rings is 1. The van der Waals surface area contributed by atoms with Crippen molar-refractivity contribution >= 4 is 11.3 Å². The van der Waals surface area contributed by atoms with Crippen LogP contribution in [0.15, 0.2) is 47.8 Å². The lowest BCUT2D eigenvalue weighted by atomic mass is 9.87. The van der Waals surface area contributed by atoms with Crippen LogP contribution in [0.25, 0.3) is 22.6 Å². The minimum absolute atomic E-state index is 0.0718. The molecule has 1 saturated carbocycles. The SMILES string of the molecule is Cc1cn2cc(-c3cc(=O)n4cc(C5CCN(C6CCC6)CC5)ncc4n3)ccc2n1. The Bertz CT molecular complexity index is 1330. The molecule has 2 fully saturated rings. The first kappa shape index (κ1) is 18.7. The van der Waals surface area contributed by atoms with Crippen molar-refractivity contribution in [3.63, 3.8) is 0 Å². The van der Waals surface area contributed by atoms with E-state index >= 15 is 0 Å². The largest absolute Gasteiger partial charge is 0.306 e. The maximum Gasteiger partial charge on any atom is 0.258 e. The van der Waals surface area contributed by atoms with E-state index in [4.69, 9.17) is 9.97 Å². The molecule has 7 nitrogen and oxygen atoms in total. The lowest BCUT2D eigenvalue weighted by Crippen LogP contribution is -2.44. The molecule has 0 atom stereocenters. The summed E-state index contributed by atoms with van der Waals surface area (Å²) in [6, 6.07) is 6.32. The third-order valence-corrected chi connectivity index (χ3v) is 6.98. The molecule has 1 aliphatic heterocycles. The quantitative estimate of drug-likeness (QED) is 0.514. The zero-order chi connectivity index (χ0) is 20.9. The summed E-state index contributed by atoms with van der Waals surface area (Å²) >= 11 is 0. The summed E-state index contributed by atoms with van der Waals surface area (Å²) in [5, 5.41) is 0. The summed E-state index contributed by atoms with van der Waals surface area (Å²) in [6.45, 7) is 4.24. The highest BCUT2D eigenvalue weighted by atomic mass is 16.1. The van der Waals surface area contributed by atoms with Crippen LogP contribution in [-0.2, 0) is 0 Å². The minimum Gasteiger partial charge on any atom is -0.306 e. The number of hydrogen-bond donors (Lipinski definition) is 0. The molecular weight excluding hydrogens is 388 g/mol. The van der Waals surface area contributed by atoms with Crippen LogP contribution in [0.5, 0.6) is 0 Å². The molecule has 1 aliphatic carbocycles. The van der Waals surface area contributed by atoms with E-state index in [1.165, 1.54) is 19.3 Å². The zero-order valence-corrected chi connectivity index (χ0v) is 17.7. The van der Waals surface area contributed by atoms with Crippen molar-refractivity contribution in [2.75, 3.05) is 13.1 Å². The highest BCUT2D eigenvalue weighted by Crippen LogP contribution is 2.32. The van der Waals surface area contributed by atoms with E-state index in [0.717, 1.165) is 54.6 Å². The standard InChI is InChI=1S/C24H26N6O/c1-16-13-29-14-18(5-6-22(29)26-16)20-11-24(31)30-15-21(25-12-23(30)27-20)17-7-9-28(10-8-17)19-3-2-4-19/h5-6,11-15,17,19H,2-4,7-10H2,1H3. The van der Waals surface area contributed by atoms with Crippen molar-refractivity contribution in [3.05, 3.63) is 64.7 Å². The normalized spacial score (nSPS) is 18.6. The predicted molar refractivity (Wildman–Crippen MR) is 119 cm³/mol. The van der Waals surface area contributed by atoms with Gasteiger partial charge in [0.2, 0.25) is 0 Å². The molecule has 0 spiro atoms. The van der Waals surface area contributed by atoms with Gasteiger partial charge in [0, 0.05) is 42.2 Å².